The lowest BCUT2D eigenvalue weighted by Crippen LogP contribution is -2.29. The fourth-order valence-electron chi connectivity index (χ4n) is 4.32. The summed E-state index contributed by atoms with van der Waals surface area (Å²) >= 11 is 0. The van der Waals surface area contributed by atoms with Crippen molar-refractivity contribution in [2.24, 2.45) is 5.92 Å². The van der Waals surface area contributed by atoms with Gasteiger partial charge in [0.2, 0.25) is 6.79 Å². The van der Waals surface area contributed by atoms with Crippen molar-refractivity contribution in [3.05, 3.63) is 83.2 Å². The van der Waals surface area contributed by atoms with Gasteiger partial charge in [0, 0.05) is 23.5 Å². The van der Waals surface area contributed by atoms with Gasteiger partial charge in [-0.25, -0.2) is 0 Å². The van der Waals surface area contributed by atoms with Crippen LogP contribution < -0.4 is 19.1 Å². The maximum atomic E-state index is 13.3. The van der Waals surface area contributed by atoms with Crippen molar-refractivity contribution in [1.29, 1.82) is 0 Å². The van der Waals surface area contributed by atoms with Crippen LogP contribution in [0.2, 0.25) is 0 Å². The number of rotatable bonds is 6. The summed E-state index contributed by atoms with van der Waals surface area (Å²) in [7, 11) is 0. The summed E-state index contributed by atoms with van der Waals surface area (Å²) in [6.07, 6.45) is 1.58. The minimum Gasteiger partial charge on any atom is -0.507 e. The number of aromatic nitrogens is 1. The second-order valence-electron chi connectivity index (χ2n) is 9.15. The van der Waals surface area contributed by atoms with Gasteiger partial charge in [-0.1, -0.05) is 19.9 Å². The summed E-state index contributed by atoms with van der Waals surface area (Å²) < 4.78 is 16.7. The first kappa shape index (κ1) is 23.4. The lowest BCUT2D eigenvalue weighted by Gasteiger charge is -2.24. The Bertz CT molecular complexity index is 1370. The maximum absolute atomic E-state index is 13.3. The average Bonchev–Trinajstić information content (AvgIpc) is 3.45. The monoisotopic (exact) mass is 486 g/mol. The summed E-state index contributed by atoms with van der Waals surface area (Å²) in [6.45, 7) is 6.64. The molecule has 1 atom stereocenters. The second-order valence-corrected chi connectivity index (χ2v) is 9.15. The standard InChI is InChI=1S/C28H26N2O6/c1-16(2)14-34-21-9-7-18(12-17(21)3)26(31)24-25(20-6-4-5-11-29-20)30(28(33)27(24)32)19-8-10-22-23(13-19)36-15-35-22/h4-13,16,25,31H,14-15H2,1-3H3/b26-24+. The van der Waals surface area contributed by atoms with Crippen LogP contribution in [0.1, 0.15) is 36.7 Å². The van der Waals surface area contributed by atoms with Crippen molar-refractivity contribution in [3.63, 3.8) is 0 Å². The largest absolute Gasteiger partial charge is 0.507 e. The summed E-state index contributed by atoms with van der Waals surface area (Å²) in [4.78, 5) is 32.4. The summed E-state index contributed by atoms with van der Waals surface area (Å²) in [5.41, 5.74) is 2.06. The first-order valence-corrected chi connectivity index (χ1v) is 11.7. The van der Waals surface area contributed by atoms with Crippen molar-refractivity contribution >= 4 is 23.1 Å². The molecule has 2 aliphatic rings. The lowest BCUT2D eigenvalue weighted by atomic mass is 9.97. The zero-order valence-electron chi connectivity index (χ0n) is 20.2. The van der Waals surface area contributed by atoms with Crippen LogP contribution >= 0.6 is 0 Å². The molecule has 1 saturated heterocycles. The molecule has 3 heterocycles. The van der Waals surface area contributed by atoms with Crippen LogP contribution in [0.4, 0.5) is 5.69 Å². The van der Waals surface area contributed by atoms with Gasteiger partial charge in [-0.05, 0) is 60.9 Å². The molecule has 0 spiro atoms. The van der Waals surface area contributed by atoms with Crippen LogP contribution in [0.3, 0.4) is 0 Å². The van der Waals surface area contributed by atoms with E-state index in [0.717, 1.165) is 5.56 Å². The van der Waals surface area contributed by atoms with Gasteiger partial charge < -0.3 is 19.3 Å². The number of aliphatic hydroxyl groups is 1. The van der Waals surface area contributed by atoms with Crippen LogP contribution in [0, 0.1) is 12.8 Å². The summed E-state index contributed by atoms with van der Waals surface area (Å²) in [5, 5.41) is 11.4. The Morgan fingerprint density at radius 3 is 2.64 bits per heavy atom. The Morgan fingerprint density at radius 2 is 1.92 bits per heavy atom. The molecule has 184 valence electrons. The molecule has 2 aromatic carbocycles. The molecule has 2 aliphatic heterocycles. The van der Waals surface area contributed by atoms with Crippen LogP contribution in [0.15, 0.2) is 66.4 Å². The van der Waals surface area contributed by atoms with E-state index in [1.54, 1.807) is 60.8 Å². The third-order valence-corrected chi connectivity index (χ3v) is 6.07. The van der Waals surface area contributed by atoms with Gasteiger partial charge in [0.15, 0.2) is 11.5 Å². The van der Waals surface area contributed by atoms with E-state index in [0.29, 0.717) is 46.7 Å². The van der Waals surface area contributed by atoms with Crippen LogP contribution in [0.25, 0.3) is 5.76 Å². The maximum Gasteiger partial charge on any atom is 0.300 e. The topological polar surface area (TPSA) is 98.2 Å². The van der Waals surface area contributed by atoms with Gasteiger partial charge in [-0.2, -0.15) is 0 Å². The number of aryl methyl sites for hydroxylation is 1. The Hall–Kier alpha value is -4.33. The molecule has 0 aliphatic carbocycles. The number of benzene rings is 2. The van der Waals surface area contributed by atoms with E-state index >= 15 is 0 Å². The smallest absolute Gasteiger partial charge is 0.300 e. The van der Waals surface area contributed by atoms with Crippen molar-refractivity contribution in [3.8, 4) is 17.2 Å². The highest BCUT2D eigenvalue weighted by Gasteiger charge is 2.48. The van der Waals surface area contributed by atoms with E-state index in [1.165, 1.54) is 4.90 Å². The predicted octanol–water partition coefficient (Wildman–Crippen LogP) is 4.78. The molecule has 1 fully saturated rings. The molecule has 1 N–H and O–H groups in total. The Labute approximate surface area is 208 Å². The molecule has 1 amide bonds. The molecule has 0 saturated carbocycles. The van der Waals surface area contributed by atoms with Gasteiger partial charge in [0.1, 0.15) is 17.6 Å². The van der Waals surface area contributed by atoms with Crippen molar-refractivity contribution in [1.82, 2.24) is 4.98 Å². The quantitative estimate of drug-likeness (QED) is 0.304. The number of nitrogens with zero attached hydrogens (tertiary/aromatic N) is 2. The zero-order chi connectivity index (χ0) is 25.4. The minimum absolute atomic E-state index is 0.0355. The molecule has 8 nitrogen and oxygen atoms in total. The minimum atomic E-state index is -0.927. The summed E-state index contributed by atoms with van der Waals surface area (Å²) in [6, 6.07) is 14.5. The Morgan fingerprint density at radius 1 is 1.11 bits per heavy atom. The molecule has 1 aromatic heterocycles. The molecule has 0 bridgehead atoms. The van der Waals surface area contributed by atoms with E-state index in [4.69, 9.17) is 14.2 Å². The molecule has 0 radical (unpaired) electrons. The summed E-state index contributed by atoms with van der Waals surface area (Å²) in [5.74, 6) is 0.260. The highest BCUT2D eigenvalue weighted by molar-refractivity contribution is 6.51. The Kier molecular flexibility index (Phi) is 6.10. The number of ketones is 1. The van der Waals surface area contributed by atoms with E-state index in [1.807, 2.05) is 6.92 Å². The number of ether oxygens (including phenoxy) is 3. The molecule has 3 aromatic rings. The van der Waals surface area contributed by atoms with E-state index in [2.05, 4.69) is 18.8 Å². The number of aliphatic hydroxyl groups excluding tert-OH is 1. The van der Waals surface area contributed by atoms with Gasteiger partial charge in [0.25, 0.3) is 11.7 Å². The zero-order valence-corrected chi connectivity index (χ0v) is 20.2. The number of pyridine rings is 1. The predicted molar refractivity (Wildman–Crippen MR) is 133 cm³/mol. The fraction of sp³-hybridized carbons (Fsp3) is 0.250. The number of hydrogen-bond acceptors (Lipinski definition) is 7. The van der Waals surface area contributed by atoms with Gasteiger partial charge in [-0.3, -0.25) is 19.5 Å². The molecule has 36 heavy (non-hydrogen) atoms. The third-order valence-electron chi connectivity index (χ3n) is 6.07. The van der Waals surface area contributed by atoms with Crippen LogP contribution in [-0.4, -0.2) is 35.2 Å². The van der Waals surface area contributed by atoms with Gasteiger partial charge >= 0.3 is 0 Å². The normalized spacial score (nSPS) is 18.2. The number of carbonyl (C=O) groups is 2. The van der Waals surface area contributed by atoms with E-state index in [9.17, 15) is 14.7 Å². The SMILES string of the molecule is Cc1cc(/C(O)=C2\C(=O)C(=O)N(c3ccc4c(c3)OCO4)C2c2ccccn2)ccc1OCC(C)C. The number of fused-ring (bicyclic) bond motifs is 1. The number of hydrogen-bond donors (Lipinski definition) is 1. The van der Waals surface area contributed by atoms with E-state index < -0.39 is 17.7 Å². The molecule has 1 unspecified atom stereocenters. The molecule has 5 rings (SSSR count). The van der Waals surface area contributed by atoms with Crippen LogP contribution in [0.5, 0.6) is 17.2 Å². The van der Waals surface area contributed by atoms with Crippen molar-refractivity contribution in [2.45, 2.75) is 26.8 Å². The number of Topliss-reactive ketones (excluding diaryl/α,β-unsaturated/α-hetero) is 1. The Balaban J connectivity index is 1.61. The van der Waals surface area contributed by atoms with E-state index in [-0.39, 0.29) is 18.1 Å². The first-order valence-electron chi connectivity index (χ1n) is 11.7. The van der Waals surface area contributed by atoms with Crippen molar-refractivity contribution < 1.29 is 28.9 Å². The highest BCUT2D eigenvalue weighted by atomic mass is 16.7. The highest BCUT2D eigenvalue weighted by Crippen LogP contribution is 2.44. The lowest BCUT2D eigenvalue weighted by molar-refractivity contribution is -0.132. The number of carbonyl (C=O) groups excluding carboxylic acids is 2. The fourth-order valence-corrected chi connectivity index (χ4v) is 4.32. The molecular formula is C28H26N2O6. The number of anilines is 1. The third kappa shape index (κ3) is 4.15. The average molecular weight is 487 g/mol. The van der Waals surface area contributed by atoms with Crippen LogP contribution in [-0.2, 0) is 9.59 Å². The first-order chi connectivity index (χ1) is 17.3. The molecular weight excluding hydrogens is 460 g/mol. The molecule has 8 heteroatoms. The van der Waals surface area contributed by atoms with Gasteiger partial charge in [0.05, 0.1) is 17.9 Å². The van der Waals surface area contributed by atoms with Gasteiger partial charge in [-0.15, -0.1) is 0 Å². The van der Waals surface area contributed by atoms with Crippen molar-refractivity contribution in [2.75, 3.05) is 18.3 Å². The second kappa shape index (κ2) is 9.37. The number of amides is 1.